The van der Waals surface area contributed by atoms with Gasteiger partial charge in [-0.15, -0.1) is 0 Å². The van der Waals surface area contributed by atoms with E-state index in [0.717, 1.165) is 0 Å². The van der Waals surface area contributed by atoms with Gasteiger partial charge in [-0.2, -0.15) is 0 Å². The number of rotatable bonds is 0. The first-order valence-corrected chi connectivity index (χ1v) is 0.612. The fourth-order valence-electron chi connectivity index (χ4n) is 0. The molecular weight excluding hydrogens is 248 g/mol. The van der Waals surface area contributed by atoms with E-state index in [4.69, 9.17) is 15.0 Å². The van der Waals surface area contributed by atoms with Gasteiger partial charge in [0.05, 0.1) is 0 Å². The van der Waals surface area contributed by atoms with Crippen molar-refractivity contribution in [1.82, 2.24) is 0 Å². The van der Waals surface area contributed by atoms with Gasteiger partial charge in [-0.3, -0.25) is 0 Å². The van der Waals surface area contributed by atoms with E-state index < -0.39 is 6.16 Å². The molecule has 0 fully saturated rings. The Kier molecular flexibility index (Phi) is 212. The molecule has 49 valence electrons. The van der Waals surface area contributed by atoms with Crippen LogP contribution in [0.2, 0.25) is 0 Å². The largest absolute Gasteiger partial charge is 3.00 e. The van der Waals surface area contributed by atoms with Crippen LogP contribution in [0.1, 0.15) is 0 Å². The van der Waals surface area contributed by atoms with E-state index in [0.29, 0.717) is 0 Å². The van der Waals surface area contributed by atoms with E-state index in [1.165, 1.54) is 0 Å². The van der Waals surface area contributed by atoms with E-state index >= 15 is 0 Å². The molecule has 0 aromatic rings. The Morgan fingerprint density at radius 3 is 1.22 bits per heavy atom. The molecule has 0 rings (SSSR count). The monoisotopic (exact) mass is 249 g/mol. The zero-order chi connectivity index (χ0) is 3.58. The summed E-state index contributed by atoms with van der Waals surface area (Å²) in [6.07, 6.45) is -2.33. The summed E-state index contributed by atoms with van der Waals surface area (Å²) in [5.74, 6) is 0. The Balaban J connectivity index is -0.00000000450. The molecule has 1 radical (unpaired) electrons. The van der Waals surface area contributed by atoms with Crippen LogP contribution in [-0.2, 0) is 36.5 Å². The summed E-state index contributed by atoms with van der Waals surface area (Å²) < 4.78 is 0. The van der Waals surface area contributed by atoms with Crippen molar-refractivity contribution in [1.29, 1.82) is 0 Å². The first-order chi connectivity index (χ1) is 1.73. The smallest absolute Gasteiger partial charge is 0.870 e. The number of carbonyl (C=O) groups is 1. The molecule has 0 aromatic heterocycles. The molecule has 0 amide bonds. The Bertz CT molecular complexity index is 39.9. The van der Waals surface area contributed by atoms with E-state index in [2.05, 4.69) is 0 Å². The molecular formula is CH3AlCuO5Zn+4. The zero-order valence-electron chi connectivity index (χ0n) is 4.26. The SMILES string of the molecule is O.O=C([O-])[O-].[Al+3].[Cu+2].[OH-].[Zn+2]. The van der Waals surface area contributed by atoms with Gasteiger partial charge in [0.15, 0.2) is 0 Å². The van der Waals surface area contributed by atoms with Crippen molar-refractivity contribution in [2.75, 3.05) is 0 Å². The van der Waals surface area contributed by atoms with Crippen LogP contribution in [0.15, 0.2) is 0 Å². The average Bonchev–Trinajstić information content (AvgIpc) is 0.811. The minimum Gasteiger partial charge on any atom is -0.870 e. The zero-order valence-corrected chi connectivity index (χ0v) is 9.32. The fourth-order valence-corrected chi connectivity index (χ4v) is 0. The third-order valence-electron chi connectivity index (χ3n) is 0. The molecule has 0 aliphatic carbocycles. The summed E-state index contributed by atoms with van der Waals surface area (Å²) >= 11 is 0. The van der Waals surface area contributed by atoms with Crippen LogP contribution in [0, 0.1) is 0 Å². The van der Waals surface area contributed by atoms with Gasteiger partial charge in [-0.1, -0.05) is 0 Å². The molecule has 0 spiro atoms. The summed E-state index contributed by atoms with van der Waals surface area (Å²) in [7, 11) is 0. The Hall–Kier alpha value is 0.865. The van der Waals surface area contributed by atoms with Crippen molar-refractivity contribution in [2.45, 2.75) is 0 Å². The normalized spacial score (nSPS) is 2.67. The van der Waals surface area contributed by atoms with Gasteiger partial charge in [-0.25, -0.2) is 0 Å². The standard InChI is InChI=1S/CH2O3.Al.Cu.2H2O.Zn/c2-1(3)4;;;;;/h(H2,2,3,4);;;2*1H2;/q;+3;+2;;;+2/p-3. The van der Waals surface area contributed by atoms with E-state index in [1.54, 1.807) is 0 Å². The van der Waals surface area contributed by atoms with Gasteiger partial charge in [-0.05, 0) is 6.16 Å². The molecule has 3 N–H and O–H groups in total. The van der Waals surface area contributed by atoms with Gasteiger partial charge in [0, 0.05) is 0 Å². The van der Waals surface area contributed by atoms with Crippen LogP contribution >= 0.6 is 0 Å². The van der Waals surface area contributed by atoms with Crippen LogP contribution < -0.4 is 10.2 Å². The number of carbonyl (C=O) groups excluding carboxylic acids is 1. The topological polar surface area (TPSA) is 125 Å². The second-order valence-electron chi connectivity index (χ2n) is 0.250. The van der Waals surface area contributed by atoms with Crippen LogP contribution in [0.5, 0.6) is 0 Å². The molecule has 0 unspecified atom stereocenters. The molecule has 8 heteroatoms. The molecule has 0 heterocycles. The summed E-state index contributed by atoms with van der Waals surface area (Å²) in [5, 5.41) is 16.7. The Labute approximate surface area is 85.8 Å². The third kappa shape index (κ3) is 558. The van der Waals surface area contributed by atoms with E-state index in [1.807, 2.05) is 0 Å². The van der Waals surface area contributed by atoms with Gasteiger partial charge < -0.3 is 26.0 Å². The van der Waals surface area contributed by atoms with Crippen LogP contribution in [0.25, 0.3) is 0 Å². The quantitative estimate of drug-likeness (QED) is 0.408. The first kappa shape index (κ1) is 51.9. The molecule has 0 aromatic carbocycles. The predicted molar refractivity (Wildman–Crippen MR) is 16.7 cm³/mol. The van der Waals surface area contributed by atoms with Crippen molar-refractivity contribution < 1.29 is 62.5 Å². The summed E-state index contributed by atoms with van der Waals surface area (Å²) in [6, 6.07) is 0. The fraction of sp³-hybridized carbons (Fsp3) is 0. The van der Waals surface area contributed by atoms with Gasteiger partial charge in [0.2, 0.25) is 0 Å². The predicted octanol–water partition coefficient (Wildman–Crippen LogP) is -3.83. The molecule has 0 atom stereocenters. The Morgan fingerprint density at radius 2 is 1.22 bits per heavy atom. The van der Waals surface area contributed by atoms with E-state index in [-0.39, 0.29) is 64.9 Å². The molecule has 0 saturated carbocycles. The van der Waals surface area contributed by atoms with Crippen molar-refractivity contribution in [3.63, 3.8) is 0 Å². The van der Waals surface area contributed by atoms with Crippen molar-refractivity contribution in [2.24, 2.45) is 0 Å². The van der Waals surface area contributed by atoms with E-state index in [9.17, 15) is 0 Å². The van der Waals surface area contributed by atoms with Crippen molar-refractivity contribution in [3.05, 3.63) is 0 Å². The summed E-state index contributed by atoms with van der Waals surface area (Å²) in [5.41, 5.74) is 0. The first-order valence-electron chi connectivity index (χ1n) is 0.612. The molecule has 0 aliphatic rings. The number of carboxylic acid groups (broad SMARTS) is 2. The van der Waals surface area contributed by atoms with Crippen LogP contribution in [-0.4, -0.2) is 34.5 Å². The maximum absolute atomic E-state index is 8.33. The number of hydrogen-bond donors (Lipinski definition) is 0. The maximum atomic E-state index is 8.33. The third-order valence-corrected chi connectivity index (χ3v) is 0. The molecule has 5 nitrogen and oxygen atoms in total. The molecule has 0 aliphatic heterocycles. The van der Waals surface area contributed by atoms with Gasteiger partial charge >= 0.3 is 53.9 Å². The van der Waals surface area contributed by atoms with Crippen LogP contribution in [0.3, 0.4) is 0 Å². The second-order valence-corrected chi connectivity index (χ2v) is 0.250. The van der Waals surface area contributed by atoms with Gasteiger partial charge in [0.25, 0.3) is 0 Å². The maximum Gasteiger partial charge on any atom is 3.00 e. The molecule has 0 saturated heterocycles. The summed E-state index contributed by atoms with van der Waals surface area (Å²) in [6.45, 7) is 0. The van der Waals surface area contributed by atoms with Gasteiger partial charge in [0.1, 0.15) is 0 Å². The molecule has 0 bridgehead atoms. The minimum absolute atomic E-state index is 0. The second kappa shape index (κ2) is 36.7. The minimum atomic E-state index is -2.33. The summed E-state index contributed by atoms with van der Waals surface area (Å²) in [4.78, 5) is 8.33. The Morgan fingerprint density at radius 1 is 1.22 bits per heavy atom. The molecule has 9 heavy (non-hydrogen) atoms. The van der Waals surface area contributed by atoms with Crippen LogP contribution in [0.4, 0.5) is 4.79 Å². The van der Waals surface area contributed by atoms with Crippen molar-refractivity contribution >= 4 is 23.5 Å². The van der Waals surface area contributed by atoms with Crippen molar-refractivity contribution in [3.8, 4) is 0 Å². The average molecular weight is 251 g/mol. The number of hydrogen-bond acceptors (Lipinski definition) is 4.